The van der Waals surface area contributed by atoms with Gasteiger partial charge in [0.2, 0.25) is 0 Å². The van der Waals surface area contributed by atoms with Crippen LogP contribution in [0.2, 0.25) is 0 Å². The molecule has 0 fully saturated rings. The minimum Gasteiger partial charge on any atom is -0.497 e. The van der Waals surface area contributed by atoms with E-state index >= 15 is 0 Å². The molecule has 0 saturated carbocycles. The van der Waals surface area contributed by atoms with Crippen molar-refractivity contribution in [1.29, 1.82) is 0 Å². The highest BCUT2D eigenvalue weighted by atomic mass is 16.5. The molecule has 0 bridgehead atoms. The molecule has 0 unspecified atom stereocenters. The summed E-state index contributed by atoms with van der Waals surface area (Å²) in [5.41, 5.74) is 0. The number of amides is 3. The van der Waals surface area contributed by atoms with E-state index in [9.17, 15) is 14.4 Å². The molecule has 0 radical (unpaired) electrons. The Balaban J connectivity index is 2.11. The highest BCUT2D eigenvalue weighted by molar-refractivity contribution is 5.95. The lowest BCUT2D eigenvalue weighted by molar-refractivity contribution is -0.148. The zero-order chi connectivity index (χ0) is 18.5. The van der Waals surface area contributed by atoms with E-state index in [0.29, 0.717) is 25.3 Å². The molecule has 25 heavy (non-hydrogen) atoms. The zero-order valence-corrected chi connectivity index (χ0v) is 14.5. The molecule has 8 nitrogen and oxygen atoms in total. The maximum Gasteiger partial charge on any atom is 0.321 e. The summed E-state index contributed by atoms with van der Waals surface area (Å²) in [4.78, 5) is 34.2. The van der Waals surface area contributed by atoms with Gasteiger partial charge in [0.15, 0.2) is 6.61 Å². The monoisotopic (exact) mass is 352 g/mol. The Morgan fingerprint density at radius 3 is 2.40 bits per heavy atom. The maximum atomic E-state index is 11.5. The van der Waals surface area contributed by atoms with Crippen LogP contribution in [0.3, 0.4) is 0 Å². The molecule has 1 rings (SSSR count). The Bertz CT molecular complexity index is 559. The van der Waals surface area contributed by atoms with E-state index in [1.807, 2.05) is 6.92 Å². The Labute approximate surface area is 146 Å². The molecule has 138 valence electrons. The fraction of sp³-hybridized carbons (Fsp3) is 0.471. The van der Waals surface area contributed by atoms with Gasteiger partial charge in [-0.25, -0.2) is 4.79 Å². The van der Waals surface area contributed by atoms with Gasteiger partial charge in [0.25, 0.3) is 5.91 Å². The predicted molar refractivity (Wildman–Crippen MR) is 90.5 cm³/mol. The van der Waals surface area contributed by atoms with Crippen LogP contribution < -0.4 is 20.1 Å². The number of carbonyl (C=O) groups is 3. The number of hydrogen-bond donors (Lipinski definition) is 2. The summed E-state index contributed by atoms with van der Waals surface area (Å²) in [6.07, 6.45) is 1.32. The summed E-state index contributed by atoms with van der Waals surface area (Å²) in [5.74, 6) is 0.211. The largest absolute Gasteiger partial charge is 0.497 e. The third kappa shape index (κ3) is 9.19. The topological polar surface area (TPSA) is 103 Å². The lowest BCUT2D eigenvalue weighted by atomic mass is 10.3. The predicted octanol–water partition coefficient (Wildman–Crippen LogP) is 1.63. The van der Waals surface area contributed by atoms with Crippen LogP contribution >= 0.6 is 0 Å². The average molecular weight is 352 g/mol. The number of imide groups is 1. The molecule has 0 aromatic heterocycles. The molecular formula is C17H24N2O6. The van der Waals surface area contributed by atoms with E-state index in [1.165, 1.54) is 0 Å². The number of methoxy groups -OCH3 is 1. The van der Waals surface area contributed by atoms with E-state index in [1.54, 1.807) is 31.4 Å². The van der Waals surface area contributed by atoms with Crippen molar-refractivity contribution in [3.63, 3.8) is 0 Å². The van der Waals surface area contributed by atoms with Crippen molar-refractivity contribution >= 4 is 17.9 Å². The molecule has 8 heteroatoms. The van der Waals surface area contributed by atoms with E-state index < -0.39 is 24.5 Å². The first kappa shape index (κ1) is 20.3. The second-order valence-electron chi connectivity index (χ2n) is 5.09. The van der Waals surface area contributed by atoms with Crippen molar-refractivity contribution in [2.75, 3.05) is 26.9 Å². The molecule has 1 aromatic rings. The Hall–Kier alpha value is -2.77. The van der Waals surface area contributed by atoms with Crippen LogP contribution in [-0.2, 0) is 14.3 Å². The molecule has 0 aliphatic carbocycles. The lowest BCUT2D eigenvalue weighted by Crippen LogP contribution is -2.41. The Morgan fingerprint density at radius 1 is 1.08 bits per heavy atom. The second kappa shape index (κ2) is 11.7. The SMILES string of the molecule is CCCNC(=O)NC(=O)COC(=O)CCCOc1ccc(OC)cc1. The maximum absolute atomic E-state index is 11.5. The smallest absolute Gasteiger partial charge is 0.321 e. The normalized spacial score (nSPS) is 9.84. The van der Waals surface area contributed by atoms with Gasteiger partial charge in [-0.15, -0.1) is 0 Å². The highest BCUT2D eigenvalue weighted by Crippen LogP contribution is 2.17. The third-order valence-electron chi connectivity index (χ3n) is 3.01. The van der Waals surface area contributed by atoms with Crippen molar-refractivity contribution in [2.24, 2.45) is 0 Å². The van der Waals surface area contributed by atoms with Gasteiger partial charge >= 0.3 is 12.0 Å². The molecule has 0 aliphatic heterocycles. The molecule has 0 spiro atoms. The van der Waals surface area contributed by atoms with E-state index in [4.69, 9.17) is 14.2 Å². The molecule has 0 saturated heterocycles. The molecule has 2 N–H and O–H groups in total. The Kier molecular flexibility index (Phi) is 9.50. The number of esters is 1. The Morgan fingerprint density at radius 2 is 1.76 bits per heavy atom. The van der Waals surface area contributed by atoms with Gasteiger partial charge in [0.1, 0.15) is 11.5 Å². The minimum absolute atomic E-state index is 0.117. The first-order chi connectivity index (χ1) is 12.0. The van der Waals surface area contributed by atoms with Crippen molar-refractivity contribution in [3.8, 4) is 11.5 Å². The van der Waals surface area contributed by atoms with Gasteiger partial charge in [-0.2, -0.15) is 0 Å². The number of urea groups is 1. The van der Waals surface area contributed by atoms with Crippen LogP contribution in [0.1, 0.15) is 26.2 Å². The standard InChI is InChI=1S/C17H24N2O6/c1-3-10-18-17(22)19-15(20)12-25-16(21)5-4-11-24-14-8-6-13(23-2)7-9-14/h6-9H,3-5,10-12H2,1-2H3,(H2,18,19,20,22). The number of carbonyl (C=O) groups excluding carboxylic acids is 3. The number of benzene rings is 1. The number of nitrogens with one attached hydrogen (secondary N) is 2. The molecule has 1 aromatic carbocycles. The minimum atomic E-state index is -0.670. The van der Waals surface area contributed by atoms with Crippen LogP contribution in [-0.4, -0.2) is 44.8 Å². The van der Waals surface area contributed by atoms with Crippen LogP contribution in [0.4, 0.5) is 4.79 Å². The van der Waals surface area contributed by atoms with Gasteiger partial charge in [-0.05, 0) is 37.1 Å². The fourth-order valence-corrected chi connectivity index (χ4v) is 1.74. The number of ether oxygens (including phenoxy) is 3. The van der Waals surface area contributed by atoms with Crippen LogP contribution in [0.15, 0.2) is 24.3 Å². The summed E-state index contributed by atoms with van der Waals surface area (Å²) in [6, 6.07) is 6.49. The van der Waals surface area contributed by atoms with Crippen molar-refractivity contribution in [2.45, 2.75) is 26.2 Å². The highest BCUT2D eigenvalue weighted by Gasteiger charge is 2.10. The van der Waals surface area contributed by atoms with Crippen LogP contribution in [0.25, 0.3) is 0 Å². The first-order valence-electron chi connectivity index (χ1n) is 8.05. The molecule has 0 aliphatic rings. The summed E-state index contributed by atoms with van der Waals surface area (Å²) in [7, 11) is 1.58. The lowest BCUT2D eigenvalue weighted by Gasteiger charge is -2.08. The van der Waals surface area contributed by atoms with Crippen molar-refractivity contribution in [1.82, 2.24) is 10.6 Å². The van der Waals surface area contributed by atoms with E-state index in [2.05, 4.69) is 10.6 Å². The zero-order valence-electron chi connectivity index (χ0n) is 14.5. The van der Waals surface area contributed by atoms with E-state index in [0.717, 1.165) is 12.2 Å². The van der Waals surface area contributed by atoms with Crippen molar-refractivity contribution < 1.29 is 28.6 Å². The van der Waals surface area contributed by atoms with Gasteiger partial charge < -0.3 is 19.5 Å². The van der Waals surface area contributed by atoms with Gasteiger partial charge in [0, 0.05) is 13.0 Å². The van der Waals surface area contributed by atoms with Gasteiger partial charge in [-0.3, -0.25) is 14.9 Å². The number of hydrogen-bond acceptors (Lipinski definition) is 6. The van der Waals surface area contributed by atoms with Crippen molar-refractivity contribution in [3.05, 3.63) is 24.3 Å². The summed E-state index contributed by atoms with van der Waals surface area (Å²) < 4.78 is 15.3. The second-order valence-corrected chi connectivity index (χ2v) is 5.09. The van der Waals surface area contributed by atoms with Gasteiger partial charge in [0.05, 0.1) is 13.7 Å². The summed E-state index contributed by atoms with van der Waals surface area (Å²) in [5, 5.41) is 4.55. The van der Waals surface area contributed by atoms with Crippen LogP contribution in [0.5, 0.6) is 11.5 Å². The number of rotatable bonds is 10. The van der Waals surface area contributed by atoms with Gasteiger partial charge in [-0.1, -0.05) is 6.92 Å². The molecule has 3 amide bonds. The first-order valence-corrected chi connectivity index (χ1v) is 8.05. The summed E-state index contributed by atoms with van der Waals surface area (Å²) >= 11 is 0. The fourth-order valence-electron chi connectivity index (χ4n) is 1.74. The van der Waals surface area contributed by atoms with E-state index in [-0.39, 0.29) is 6.42 Å². The van der Waals surface area contributed by atoms with Crippen LogP contribution in [0, 0.1) is 0 Å². The summed E-state index contributed by atoms with van der Waals surface area (Å²) in [6.45, 7) is 2.21. The molecular weight excluding hydrogens is 328 g/mol. The quantitative estimate of drug-likeness (QED) is 0.490. The molecule has 0 heterocycles. The molecule has 0 atom stereocenters. The third-order valence-corrected chi connectivity index (χ3v) is 3.01. The average Bonchev–Trinajstić information content (AvgIpc) is 2.62.